The highest BCUT2D eigenvalue weighted by molar-refractivity contribution is 5.79. The van der Waals surface area contributed by atoms with E-state index in [9.17, 15) is 14.4 Å². The zero-order chi connectivity index (χ0) is 72.1. The second kappa shape index (κ2) is 45.5. The molecule has 3 saturated heterocycles. The summed E-state index contributed by atoms with van der Waals surface area (Å²) in [6.45, 7) is 80.2. The first-order chi connectivity index (χ1) is 40.8. The van der Waals surface area contributed by atoms with Gasteiger partial charge in [-0.15, -0.1) is 0 Å². The van der Waals surface area contributed by atoms with Crippen LogP contribution in [-0.2, 0) is 38.1 Å². The molecular formula is C76H161N7O8. The Morgan fingerprint density at radius 1 is 0.429 bits per heavy atom. The van der Waals surface area contributed by atoms with Crippen LogP contribution in [0.1, 0.15) is 259 Å². The molecule has 548 valence electrons. The van der Waals surface area contributed by atoms with Gasteiger partial charge in [-0.3, -0.25) is 24.2 Å². The summed E-state index contributed by atoms with van der Waals surface area (Å²) < 4.78 is 26.5. The predicted molar refractivity (Wildman–Crippen MR) is 392 cm³/mol. The van der Waals surface area contributed by atoms with Gasteiger partial charge in [-0.05, 0) is 193 Å². The number of carbonyl (C=O) groups excluding carboxylic acids is 3. The van der Waals surface area contributed by atoms with Gasteiger partial charge < -0.3 is 49.0 Å². The number of nitrogens with zero attached hydrogens (tertiary/aromatic N) is 6. The minimum absolute atomic E-state index is 0.0547. The molecule has 1 unspecified atom stereocenters. The molecule has 0 radical (unpaired) electrons. The first kappa shape index (κ1) is 95.4. The monoisotopic (exact) mass is 1300 g/mol. The Hall–Kier alpha value is -1.95. The Kier molecular flexibility index (Phi) is 47.8. The fourth-order valence-corrected chi connectivity index (χ4v) is 8.71. The summed E-state index contributed by atoms with van der Waals surface area (Å²) in [7, 11) is 10.7. The summed E-state index contributed by atoms with van der Waals surface area (Å²) in [5.41, 5.74) is 6.43. The molecule has 91 heavy (non-hydrogen) atoms. The zero-order valence-electron chi connectivity index (χ0n) is 67.4. The van der Waals surface area contributed by atoms with Gasteiger partial charge in [0, 0.05) is 64.9 Å². The van der Waals surface area contributed by atoms with Crippen molar-refractivity contribution in [1.29, 1.82) is 0 Å². The number of likely N-dealkylation sites (N-methyl/N-ethyl adjacent to an activating group) is 1. The molecule has 15 nitrogen and oxygen atoms in total. The second-order valence-corrected chi connectivity index (χ2v) is 37.4. The van der Waals surface area contributed by atoms with E-state index in [0.717, 1.165) is 124 Å². The molecule has 3 fully saturated rings. The summed E-state index contributed by atoms with van der Waals surface area (Å²) in [6.07, 6.45) is 9.56. The number of piperazine rings is 1. The molecule has 0 saturated carbocycles. The Labute approximate surface area is 567 Å². The van der Waals surface area contributed by atoms with Crippen molar-refractivity contribution in [3.8, 4) is 0 Å². The smallest absolute Gasteiger partial charge is 0.325 e. The standard InChI is InChI=1S/C17H34N2O2.C16H31NO3.C10H21NO2.C9H19NO.C9H21N.C8H19N.C7H16/c1-16(2,3)8-14-21-15(20)17(4,5)7-9-19-12-10-18(6)11-13-19;1-15(2,3)7-11-20-14(18)16(4,5)6-8-17-9-12-19-13-10-17;1-9(2,3)6-7-13-8(12)10(4,5)11;1-9(2,3)8-10-4-6-11-7-5-10;1-8(10(5)6)7-9(2,3)4;1-8(2,3)6-7-9(4)5;1-5-6-7(2,3)4/h7-14H2,1-6H3;6-13H2,1-5H3;6-7,11H2,1-5H3;4-8H2,1-3H3;8H,7H2,1-6H3;6-7H2,1-5H3;5-6H2,1-4H3. The van der Waals surface area contributed by atoms with Crippen molar-refractivity contribution >= 4 is 17.9 Å². The third-order valence-corrected chi connectivity index (χ3v) is 15.6. The molecule has 2 N–H and O–H groups in total. The number of ether oxygens (including phenoxy) is 5. The molecule has 0 spiro atoms. The van der Waals surface area contributed by atoms with Crippen molar-refractivity contribution in [2.75, 3.05) is 160 Å². The van der Waals surface area contributed by atoms with E-state index in [4.69, 9.17) is 29.4 Å². The van der Waals surface area contributed by atoms with Crippen molar-refractivity contribution in [3.05, 3.63) is 0 Å². The molecule has 0 aromatic rings. The highest BCUT2D eigenvalue weighted by atomic mass is 16.5. The van der Waals surface area contributed by atoms with Crippen LogP contribution >= 0.6 is 0 Å². The Bertz CT molecular complexity index is 1810. The maximum absolute atomic E-state index is 12.2. The fourth-order valence-electron chi connectivity index (χ4n) is 8.71. The van der Waals surface area contributed by atoms with Crippen molar-refractivity contribution in [3.63, 3.8) is 0 Å². The second-order valence-electron chi connectivity index (χ2n) is 37.4. The van der Waals surface area contributed by atoms with E-state index >= 15 is 0 Å². The van der Waals surface area contributed by atoms with Crippen LogP contribution < -0.4 is 5.73 Å². The predicted octanol–water partition coefficient (Wildman–Crippen LogP) is 15.6. The maximum Gasteiger partial charge on any atom is 0.325 e. The summed E-state index contributed by atoms with van der Waals surface area (Å²) >= 11 is 0. The van der Waals surface area contributed by atoms with Gasteiger partial charge in [-0.25, -0.2) is 0 Å². The molecule has 0 aromatic carbocycles. The van der Waals surface area contributed by atoms with Crippen LogP contribution in [-0.4, -0.2) is 219 Å². The number of hydrogen-bond donors (Lipinski definition) is 1. The Morgan fingerprint density at radius 3 is 0.989 bits per heavy atom. The number of rotatable bonds is 21. The molecule has 15 heteroatoms. The van der Waals surface area contributed by atoms with E-state index in [1.807, 2.05) is 27.7 Å². The normalized spacial score (nSPS) is 16.7. The Balaban J connectivity index is -0.000000502. The van der Waals surface area contributed by atoms with Crippen molar-refractivity contribution in [2.24, 2.45) is 54.5 Å². The number of esters is 3. The number of hydrogen-bond acceptors (Lipinski definition) is 15. The van der Waals surface area contributed by atoms with E-state index in [-0.39, 0.29) is 39.6 Å². The SMILES string of the molecule is CC(C)(C)CCOC(=O)C(C)(C)CCN1CCOCC1.CC(C)(C)CCOC(=O)C(C)(C)N.CC(C)(C)CN1CCOCC1.CC(CC(C)(C)C)N(C)C.CCCC(C)(C)C.CN(C)CCC(C)(C)C.CN1CCN(CCC(C)(C)C(=O)OCCC(C)(C)C)CC1. The van der Waals surface area contributed by atoms with E-state index in [1.54, 1.807) is 13.8 Å². The van der Waals surface area contributed by atoms with E-state index < -0.39 is 11.0 Å². The first-order valence-corrected chi connectivity index (χ1v) is 35.4. The van der Waals surface area contributed by atoms with Gasteiger partial charge in [0.05, 0.1) is 57.1 Å². The van der Waals surface area contributed by atoms with Gasteiger partial charge in [0.1, 0.15) is 5.54 Å². The van der Waals surface area contributed by atoms with Crippen LogP contribution in [0.25, 0.3) is 0 Å². The minimum Gasteiger partial charge on any atom is -0.465 e. The van der Waals surface area contributed by atoms with Crippen LogP contribution in [0.5, 0.6) is 0 Å². The molecule has 3 heterocycles. The quantitative estimate of drug-likeness (QED) is 0.0859. The maximum atomic E-state index is 12.2. The molecule has 3 aliphatic heterocycles. The number of morpholine rings is 2. The number of carbonyl (C=O) groups is 3. The van der Waals surface area contributed by atoms with Gasteiger partial charge in [-0.2, -0.15) is 0 Å². The molecule has 1 atom stereocenters. The zero-order valence-corrected chi connectivity index (χ0v) is 67.4. The van der Waals surface area contributed by atoms with Gasteiger partial charge in [0.25, 0.3) is 0 Å². The van der Waals surface area contributed by atoms with Crippen LogP contribution in [0.2, 0.25) is 0 Å². The number of nitrogens with two attached hydrogens (primary N) is 1. The van der Waals surface area contributed by atoms with Gasteiger partial charge in [-0.1, -0.05) is 159 Å². The van der Waals surface area contributed by atoms with Crippen molar-refractivity contribution in [1.82, 2.24) is 29.4 Å². The molecule has 3 rings (SSSR count). The van der Waals surface area contributed by atoms with Crippen LogP contribution in [0, 0.1) is 48.7 Å². The molecular weight excluding hydrogens is 1140 g/mol. The fraction of sp³-hybridized carbons (Fsp3) is 0.961. The molecule has 0 amide bonds. The largest absolute Gasteiger partial charge is 0.465 e. The summed E-state index contributed by atoms with van der Waals surface area (Å²) in [5, 5.41) is 0. The molecule has 3 aliphatic rings. The average Bonchev–Trinajstić information content (AvgIpc) is 3.12. The van der Waals surface area contributed by atoms with Crippen LogP contribution in [0.3, 0.4) is 0 Å². The Morgan fingerprint density at radius 2 is 0.747 bits per heavy atom. The van der Waals surface area contributed by atoms with Gasteiger partial charge in [0.15, 0.2) is 0 Å². The lowest BCUT2D eigenvalue weighted by Crippen LogP contribution is -2.45. The van der Waals surface area contributed by atoms with E-state index in [0.29, 0.717) is 47.5 Å². The first-order valence-electron chi connectivity index (χ1n) is 35.4. The molecule has 0 bridgehead atoms. The summed E-state index contributed by atoms with van der Waals surface area (Å²) in [4.78, 5) is 49.7. The lowest BCUT2D eigenvalue weighted by atomic mass is 9.88. The van der Waals surface area contributed by atoms with Crippen LogP contribution in [0.4, 0.5) is 0 Å². The van der Waals surface area contributed by atoms with Crippen molar-refractivity contribution in [2.45, 2.75) is 270 Å². The van der Waals surface area contributed by atoms with E-state index in [2.05, 4.69) is 224 Å². The van der Waals surface area contributed by atoms with Crippen molar-refractivity contribution < 1.29 is 38.1 Å². The van der Waals surface area contributed by atoms with Crippen LogP contribution in [0.15, 0.2) is 0 Å². The third kappa shape index (κ3) is 66.5. The molecule has 0 aromatic heterocycles. The highest BCUT2D eigenvalue weighted by Gasteiger charge is 2.32. The third-order valence-electron chi connectivity index (χ3n) is 15.6. The highest BCUT2D eigenvalue weighted by Crippen LogP contribution is 2.28. The van der Waals surface area contributed by atoms with E-state index in [1.165, 1.54) is 38.8 Å². The molecule has 0 aliphatic carbocycles. The van der Waals surface area contributed by atoms with Gasteiger partial charge in [0.2, 0.25) is 0 Å². The lowest BCUT2D eigenvalue weighted by molar-refractivity contribution is -0.156. The minimum atomic E-state index is -0.877. The topological polar surface area (TPSA) is 143 Å². The summed E-state index contributed by atoms with van der Waals surface area (Å²) in [5.74, 6) is -0.465. The van der Waals surface area contributed by atoms with Gasteiger partial charge >= 0.3 is 17.9 Å². The lowest BCUT2D eigenvalue weighted by Gasteiger charge is -2.34. The average molecular weight is 1300 g/mol. The summed E-state index contributed by atoms with van der Waals surface area (Å²) in [6, 6.07) is 0.694.